The van der Waals surface area contributed by atoms with Gasteiger partial charge >= 0.3 is 5.97 Å². The molecule has 0 bridgehead atoms. The van der Waals surface area contributed by atoms with Crippen molar-refractivity contribution in [3.63, 3.8) is 0 Å². The fraction of sp³-hybridized carbons (Fsp3) is 0.250. The summed E-state index contributed by atoms with van der Waals surface area (Å²) in [5, 5.41) is 11.2. The molecule has 0 amide bonds. The van der Waals surface area contributed by atoms with Gasteiger partial charge in [0.1, 0.15) is 21.8 Å². The first-order chi connectivity index (χ1) is 10.5. The van der Waals surface area contributed by atoms with Gasteiger partial charge in [-0.3, -0.25) is 14.7 Å². The molecule has 0 spiro atoms. The summed E-state index contributed by atoms with van der Waals surface area (Å²) in [6, 6.07) is 0. The highest BCUT2D eigenvalue weighted by Gasteiger charge is 2.20. The second kappa shape index (κ2) is 5.22. The number of hydrogen-bond donors (Lipinski definition) is 2. The molecule has 0 fully saturated rings. The molecule has 9 nitrogen and oxygen atoms in total. The molecule has 3 aromatic heterocycles. The highest BCUT2D eigenvalue weighted by Crippen LogP contribution is 2.22. The average Bonchev–Trinajstić information content (AvgIpc) is 3.02. The number of carbonyl (C=O) groups is 1. The fourth-order valence-electron chi connectivity index (χ4n) is 2.00. The molecule has 0 aliphatic rings. The Morgan fingerprint density at radius 2 is 2.18 bits per heavy atom. The van der Waals surface area contributed by atoms with Crippen LogP contribution in [0.5, 0.6) is 0 Å². The second-order valence-electron chi connectivity index (χ2n) is 4.35. The van der Waals surface area contributed by atoms with Gasteiger partial charge in [-0.1, -0.05) is 11.3 Å². The quantitative estimate of drug-likeness (QED) is 0.670. The van der Waals surface area contributed by atoms with Crippen LogP contribution in [0.1, 0.15) is 22.3 Å². The standard InChI is InChI=1S/C12H11N5O4S/c1-3-21-12(20)6-4-13-8-7(10-15-14-5(2)22-10)9(18)16-17(8)11(6)19/h4,13H,3H2,1-2H3,(H,16,18). The van der Waals surface area contributed by atoms with Crippen LogP contribution in [0.4, 0.5) is 0 Å². The van der Waals surface area contributed by atoms with Crippen LogP contribution in [-0.4, -0.2) is 37.4 Å². The Kier molecular flexibility index (Phi) is 3.37. The molecule has 0 aromatic carbocycles. The first-order valence-corrected chi connectivity index (χ1v) is 7.18. The Hall–Kier alpha value is -2.75. The first kappa shape index (κ1) is 14.2. The number of carbonyl (C=O) groups excluding carboxylic acids is 1. The summed E-state index contributed by atoms with van der Waals surface area (Å²) >= 11 is 1.23. The molecule has 3 aromatic rings. The molecule has 22 heavy (non-hydrogen) atoms. The number of nitrogens with one attached hydrogen (secondary N) is 2. The zero-order valence-corrected chi connectivity index (χ0v) is 12.5. The predicted molar refractivity (Wildman–Crippen MR) is 78.2 cm³/mol. The van der Waals surface area contributed by atoms with Gasteiger partial charge in [-0.05, 0) is 13.8 Å². The van der Waals surface area contributed by atoms with E-state index >= 15 is 0 Å². The number of H-pyrrole nitrogens is 2. The first-order valence-electron chi connectivity index (χ1n) is 6.37. The number of aryl methyl sites for hydroxylation is 1. The Morgan fingerprint density at radius 1 is 1.41 bits per heavy atom. The van der Waals surface area contributed by atoms with Crippen LogP contribution in [0, 0.1) is 6.92 Å². The van der Waals surface area contributed by atoms with Gasteiger partial charge in [0.25, 0.3) is 11.1 Å². The highest BCUT2D eigenvalue weighted by atomic mass is 32.1. The predicted octanol–water partition coefficient (Wildman–Crippen LogP) is 0.320. The van der Waals surface area contributed by atoms with Crippen LogP contribution in [0.15, 0.2) is 15.8 Å². The van der Waals surface area contributed by atoms with Crippen molar-refractivity contribution in [1.29, 1.82) is 0 Å². The number of esters is 1. The van der Waals surface area contributed by atoms with Gasteiger partial charge in [0.2, 0.25) is 0 Å². The molecule has 2 N–H and O–H groups in total. The van der Waals surface area contributed by atoms with Crippen molar-refractivity contribution in [2.45, 2.75) is 13.8 Å². The van der Waals surface area contributed by atoms with Gasteiger partial charge in [-0.2, -0.15) is 4.52 Å². The lowest BCUT2D eigenvalue weighted by Gasteiger charge is -2.02. The number of nitrogens with zero attached hydrogens (tertiary/aromatic N) is 3. The summed E-state index contributed by atoms with van der Waals surface area (Å²) in [4.78, 5) is 38.9. The summed E-state index contributed by atoms with van der Waals surface area (Å²) in [6.07, 6.45) is 1.22. The molecular formula is C12H11N5O4S. The summed E-state index contributed by atoms with van der Waals surface area (Å²) in [5.74, 6) is -0.756. The Morgan fingerprint density at radius 3 is 2.82 bits per heavy atom. The SMILES string of the molecule is CCOC(=O)c1c[nH]c2c(-c3nnc(C)s3)c(=O)[nH]n2c1=O. The van der Waals surface area contributed by atoms with Crippen LogP contribution < -0.4 is 11.1 Å². The molecule has 0 saturated heterocycles. The Balaban J connectivity index is 2.25. The Labute approximate surface area is 126 Å². The molecular weight excluding hydrogens is 310 g/mol. The molecule has 0 radical (unpaired) electrons. The van der Waals surface area contributed by atoms with E-state index in [-0.39, 0.29) is 23.4 Å². The van der Waals surface area contributed by atoms with Gasteiger partial charge in [0.15, 0.2) is 5.01 Å². The lowest BCUT2D eigenvalue weighted by Crippen LogP contribution is -2.25. The number of hydrogen-bond acceptors (Lipinski definition) is 7. The van der Waals surface area contributed by atoms with E-state index in [4.69, 9.17) is 4.74 Å². The third kappa shape index (κ3) is 2.13. The van der Waals surface area contributed by atoms with Crippen molar-refractivity contribution in [3.05, 3.63) is 37.5 Å². The minimum atomic E-state index is -0.756. The second-order valence-corrected chi connectivity index (χ2v) is 5.54. The minimum absolute atomic E-state index is 0.147. The van der Waals surface area contributed by atoms with Crippen molar-refractivity contribution < 1.29 is 9.53 Å². The van der Waals surface area contributed by atoms with E-state index in [0.717, 1.165) is 4.52 Å². The summed E-state index contributed by atoms with van der Waals surface area (Å²) < 4.78 is 5.77. The van der Waals surface area contributed by atoms with Gasteiger partial charge in [0.05, 0.1) is 6.61 Å². The molecule has 3 heterocycles. The van der Waals surface area contributed by atoms with Crippen molar-refractivity contribution >= 4 is 23.0 Å². The number of rotatable bonds is 3. The van der Waals surface area contributed by atoms with Gasteiger partial charge in [-0.25, -0.2) is 4.79 Å². The van der Waals surface area contributed by atoms with Crippen molar-refractivity contribution in [1.82, 2.24) is 24.8 Å². The maximum atomic E-state index is 12.3. The van der Waals surface area contributed by atoms with E-state index in [1.54, 1.807) is 13.8 Å². The average molecular weight is 321 g/mol. The number of aromatic nitrogens is 5. The van der Waals surface area contributed by atoms with Crippen LogP contribution in [0.2, 0.25) is 0 Å². The molecule has 0 aliphatic heterocycles. The van der Waals surface area contributed by atoms with Crippen LogP contribution in [-0.2, 0) is 4.74 Å². The van der Waals surface area contributed by atoms with E-state index in [2.05, 4.69) is 20.3 Å². The van der Waals surface area contributed by atoms with E-state index in [0.29, 0.717) is 10.0 Å². The van der Waals surface area contributed by atoms with Crippen molar-refractivity contribution in [2.75, 3.05) is 6.61 Å². The third-order valence-electron chi connectivity index (χ3n) is 2.92. The monoisotopic (exact) mass is 321 g/mol. The van der Waals surface area contributed by atoms with E-state index in [1.807, 2.05) is 0 Å². The largest absolute Gasteiger partial charge is 0.462 e. The smallest absolute Gasteiger partial charge is 0.345 e. The number of ether oxygens (including phenoxy) is 1. The van der Waals surface area contributed by atoms with E-state index < -0.39 is 17.1 Å². The lowest BCUT2D eigenvalue weighted by molar-refractivity contribution is 0.0523. The maximum absolute atomic E-state index is 12.3. The molecule has 114 valence electrons. The van der Waals surface area contributed by atoms with Crippen LogP contribution >= 0.6 is 11.3 Å². The molecule has 0 aliphatic carbocycles. The summed E-state index contributed by atoms with van der Waals surface area (Å²) in [7, 11) is 0. The van der Waals surface area contributed by atoms with Gasteiger partial charge in [-0.15, -0.1) is 10.2 Å². The molecule has 10 heteroatoms. The number of aromatic amines is 2. The van der Waals surface area contributed by atoms with E-state index in [9.17, 15) is 14.4 Å². The van der Waals surface area contributed by atoms with Gasteiger partial charge in [0, 0.05) is 6.20 Å². The Bertz CT molecular complexity index is 979. The zero-order valence-electron chi connectivity index (χ0n) is 11.7. The molecule has 0 atom stereocenters. The molecule has 0 saturated carbocycles. The van der Waals surface area contributed by atoms with Crippen molar-refractivity contribution in [2.24, 2.45) is 0 Å². The topological polar surface area (TPSA) is 122 Å². The third-order valence-corrected chi connectivity index (χ3v) is 3.78. The minimum Gasteiger partial charge on any atom is -0.462 e. The maximum Gasteiger partial charge on any atom is 0.345 e. The van der Waals surface area contributed by atoms with E-state index in [1.165, 1.54) is 17.5 Å². The number of fused-ring (bicyclic) bond motifs is 1. The summed E-state index contributed by atoms with van der Waals surface area (Å²) in [6.45, 7) is 3.54. The fourth-order valence-corrected chi connectivity index (χ4v) is 2.73. The van der Waals surface area contributed by atoms with Crippen LogP contribution in [0.25, 0.3) is 16.2 Å². The normalized spacial score (nSPS) is 11.0. The summed E-state index contributed by atoms with van der Waals surface area (Å²) in [5.41, 5.74) is -0.930. The molecule has 0 unspecified atom stereocenters. The van der Waals surface area contributed by atoms with Crippen molar-refractivity contribution in [3.8, 4) is 10.6 Å². The highest BCUT2D eigenvalue weighted by molar-refractivity contribution is 7.14. The molecule has 3 rings (SSSR count). The lowest BCUT2D eigenvalue weighted by atomic mass is 10.3. The van der Waals surface area contributed by atoms with Gasteiger partial charge < -0.3 is 9.72 Å². The zero-order chi connectivity index (χ0) is 15.9. The van der Waals surface area contributed by atoms with Crippen LogP contribution in [0.3, 0.4) is 0 Å².